The molecule has 1 aromatic rings. The van der Waals surface area contributed by atoms with Crippen molar-refractivity contribution < 1.29 is 13.5 Å². The molecular formula is C13H21NO3S. The minimum absolute atomic E-state index is 0.106. The van der Waals surface area contributed by atoms with E-state index in [2.05, 4.69) is 5.32 Å². The van der Waals surface area contributed by atoms with Gasteiger partial charge in [0.15, 0.2) is 9.84 Å². The molecule has 0 spiro atoms. The van der Waals surface area contributed by atoms with Gasteiger partial charge in [-0.2, -0.15) is 0 Å². The molecule has 102 valence electrons. The standard InChI is InChI=1S/C13H21NO3S/c1-3-5-12(15)10-14-11-6-8-13(9-7-11)18(16,17)4-2/h6-9,12,14-15H,3-5,10H2,1-2H3. The van der Waals surface area contributed by atoms with E-state index in [-0.39, 0.29) is 11.9 Å². The Bertz CT molecular complexity index is 454. The zero-order chi connectivity index (χ0) is 13.6. The van der Waals surface area contributed by atoms with Gasteiger partial charge in [0.1, 0.15) is 0 Å². The van der Waals surface area contributed by atoms with E-state index in [0.717, 1.165) is 18.5 Å². The minimum atomic E-state index is -3.13. The normalized spacial score (nSPS) is 13.3. The summed E-state index contributed by atoms with van der Waals surface area (Å²) in [6, 6.07) is 6.63. The highest BCUT2D eigenvalue weighted by Gasteiger charge is 2.10. The lowest BCUT2D eigenvalue weighted by Gasteiger charge is -2.12. The summed E-state index contributed by atoms with van der Waals surface area (Å²) in [6.45, 7) is 4.13. The van der Waals surface area contributed by atoms with Gasteiger partial charge in [0.2, 0.25) is 0 Å². The third-order valence-electron chi connectivity index (χ3n) is 2.76. The van der Waals surface area contributed by atoms with Crippen LogP contribution in [0, 0.1) is 0 Å². The van der Waals surface area contributed by atoms with E-state index < -0.39 is 9.84 Å². The topological polar surface area (TPSA) is 66.4 Å². The van der Waals surface area contributed by atoms with E-state index in [4.69, 9.17) is 0 Å². The average Bonchev–Trinajstić information content (AvgIpc) is 2.37. The van der Waals surface area contributed by atoms with Crippen LogP contribution in [0.5, 0.6) is 0 Å². The second-order valence-electron chi connectivity index (χ2n) is 4.25. The van der Waals surface area contributed by atoms with Gasteiger partial charge in [0, 0.05) is 12.2 Å². The summed E-state index contributed by atoms with van der Waals surface area (Å²) in [5, 5.41) is 12.7. The van der Waals surface area contributed by atoms with Crippen molar-refractivity contribution in [3.8, 4) is 0 Å². The number of hydrogen-bond acceptors (Lipinski definition) is 4. The van der Waals surface area contributed by atoms with Gasteiger partial charge in [-0.25, -0.2) is 8.42 Å². The molecule has 1 rings (SSSR count). The number of aliphatic hydroxyl groups is 1. The monoisotopic (exact) mass is 271 g/mol. The fourth-order valence-corrected chi connectivity index (χ4v) is 2.50. The highest BCUT2D eigenvalue weighted by atomic mass is 32.2. The van der Waals surface area contributed by atoms with Crippen LogP contribution in [0.4, 0.5) is 5.69 Å². The van der Waals surface area contributed by atoms with Crippen molar-refractivity contribution in [2.45, 2.75) is 37.7 Å². The van der Waals surface area contributed by atoms with E-state index >= 15 is 0 Å². The second kappa shape index (κ2) is 6.75. The Morgan fingerprint density at radius 2 is 1.83 bits per heavy atom. The number of hydrogen-bond donors (Lipinski definition) is 2. The molecule has 0 bridgehead atoms. The number of nitrogens with one attached hydrogen (secondary N) is 1. The lowest BCUT2D eigenvalue weighted by atomic mass is 10.2. The average molecular weight is 271 g/mol. The Hall–Kier alpha value is -1.07. The fraction of sp³-hybridized carbons (Fsp3) is 0.538. The molecule has 0 radical (unpaired) electrons. The molecule has 1 aromatic carbocycles. The number of aliphatic hydroxyl groups excluding tert-OH is 1. The van der Waals surface area contributed by atoms with Crippen molar-refractivity contribution in [1.29, 1.82) is 0 Å². The van der Waals surface area contributed by atoms with E-state index in [1.165, 1.54) is 0 Å². The van der Waals surface area contributed by atoms with Gasteiger partial charge in [0.05, 0.1) is 16.8 Å². The number of anilines is 1. The fourth-order valence-electron chi connectivity index (χ4n) is 1.62. The minimum Gasteiger partial charge on any atom is -0.391 e. The molecule has 1 atom stereocenters. The first kappa shape index (κ1) is 15.0. The smallest absolute Gasteiger partial charge is 0.178 e. The van der Waals surface area contributed by atoms with E-state index in [1.54, 1.807) is 31.2 Å². The maximum Gasteiger partial charge on any atom is 0.178 e. The highest BCUT2D eigenvalue weighted by Crippen LogP contribution is 2.15. The van der Waals surface area contributed by atoms with Crippen LogP contribution >= 0.6 is 0 Å². The molecule has 0 aliphatic rings. The SMILES string of the molecule is CCCC(O)CNc1ccc(S(=O)(=O)CC)cc1. The van der Waals surface area contributed by atoms with E-state index in [1.807, 2.05) is 6.92 Å². The van der Waals surface area contributed by atoms with Crippen LogP contribution in [0.3, 0.4) is 0 Å². The Morgan fingerprint density at radius 3 is 2.33 bits per heavy atom. The van der Waals surface area contributed by atoms with Gasteiger partial charge in [-0.1, -0.05) is 20.3 Å². The summed E-state index contributed by atoms with van der Waals surface area (Å²) < 4.78 is 23.2. The maximum atomic E-state index is 11.6. The Labute approximate surface area is 109 Å². The van der Waals surface area contributed by atoms with Crippen LogP contribution in [0.2, 0.25) is 0 Å². The van der Waals surface area contributed by atoms with E-state index in [9.17, 15) is 13.5 Å². The summed E-state index contributed by atoms with van der Waals surface area (Å²) in [5.41, 5.74) is 0.820. The molecule has 0 aromatic heterocycles. The quantitative estimate of drug-likeness (QED) is 0.796. The van der Waals surface area contributed by atoms with Crippen molar-refractivity contribution in [1.82, 2.24) is 0 Å². The number of rotatable bonds is 7. The maximum absolute atomic E-state index is 11.6. The predicted molar refractivity (Wildman–Crippen MR) is 73.6 cm³/mol. The van der Waals surface area contributed by atoms with Crippen LogP contribution < -0.4 is 5.32 Å². The molecule has 4 nitrogen and oxygen atoms in total. The molecule has 5 heteroatoms. The molecule has 2 N–H and O–H groups in total. The lowest BCUT2D eigenvalue weighted by Crippen LogP contribution is -2.18. The van der Waals surface area contributed by atoms with Gasteiger partial charge < -0.3 is 10.4 Å². The van der Waals surface area contributed by atoms with Gasteiger partial charge in [-0.3, -0.25) is 0 Å². The van der Waals surface area contributed by atoms with Crippen LogP contribution in [0.25, 0.3) is 0 Å². The van der Waals surface area contributed by atoms with Crippen LogP contribution in [-0.4, -0.2) is 31.9 Å². The molecule has 0 fully saturated rings. The highest BCUT2D eigenvalue weighted by molar-refractivity contribution is 7.91. The molecule has 18 heavy (non-hydrogen) atoms. The summed E-state index contributed by atoms with van der Waals surface area (Å²) in [7, 11) is -3.13. The zero-order valence-electron chi connectivity index (χ0n) is 10.9. The van der Waals surface area contributed by atoms with Crippen molar-refractivity contribution >= 4 is 15.5 Å². The first-order chi connectivity index (χ1) is 8.49. The molecule has 1 unspecified atom stereocenters. The summed E-state index contributed by atoms with van der Waals surface area (Å²) in [5.74, 6) is 0.106. The van der Waals surface area contributed by atoms with Gasteiger partial charge in [-0.15, -0.1) is 0 Å². The molecule has 0 aliphatic carbocycles. The summed E-state index contributed by atoms with van der Waals surface area (Å²) in [4.78, 5) is 0.338. The van der Waals surface area contributed by atoms with Crippen LogP contribution in [0.15, 0.2) is 29.2 Å². The predicted octanol–water partition coefficient (Wildman–Crippen LogP) is 2.05. The first-order valence-electron chi connectivity index (χ1n) is 6.24. The molecular weight excluding hydrogens is 250 g/mol. The van der Waals surface area contributed by atoms with Crippen LogP contribution in [0.1, 0.15) is 26.7 Å². The van der Waals surface area contributed by atoms with Gasteiger partial charge in [0.25, 0.3) is 0 Å². The van der Waals surface area contributed by atoms with Gasteiger partial charge in [-0.05, 0) is 30.7 Å². The Balaban J connectivity index is 2.61. The molecule has 0 saturated heterocycles. The molecule has 0 amide bonds. The van der Waals surface area contributed by atoms with Gasteiger partial charge >= 0.3 is 0 Å². The lowest BCUT2D eigenvalue weighted by molar-refractivity contribution is 0.176. The largest absolute Gasteiger partial charge is 0.391 e. The van der Waals surface area contributed by atoms with Crippen molar-refractivity contribution in [2.75, 3.05) is 17.6 Å². The zero-order valence-corrected chi connectivity index (χ0v) is 11.7. The second-order valence-corrected chi connectivity index (χ2v) is 6.53. The number of sulfone groups is 1. The van der Waals surface area contributed by atoms with Crippen molar-refractivity contribution in [3.63, 3.8) is 0 Å². The Kier molecular flexibility index (Phi) is 5.62. The van der Waals surface area contributed by atoms with Crippen molar-refractivity contribution in [2.24, 2.45) is 0 Å². The van der Waals surface area contributed by atoms with Crippen LogP contribution in [-0.2, 0) is 9.84 Å². The summed E-state index contributed by atoms with van der Waals surface area (Å²) in [6.07, 6.45) is 1.33. The number of benzene rings is 1. The Morgan fingerprint density at radius 1 is 1.22 bits per heavy atom. The third kappa shape index (κ3) is 4.31. The third-order valence-corrected chi connectivity index (χ3v) is 4.51. The molecule has 0 heterocycles. The first-order valence-corrected chi connectivity index (χ1v) is 7.89. The van der Waals surface area contributed by atoms with Crippen molar-refractivity contribution in [3.05, 3.63) is 24.3 Å². The summed E-state index contributed by atoms with van der Waals surface area (Å²) >= 11 is 0. The van der Waals surface area contributed by atoms with E-state index in [0.29, 0.717) is 11.4 Å². The molecule has 0 saturated carbocycles. The molecule has 0 aliphatic heterocycles.